The molecule has 1 fully saturated rings. The number of rotatable bonds is 3. The van der Waals surface area contributed by atoms with Crippen LogP contribution in [0.4, 0.5) is 5.82 Å². The largest absolute Gasteiger partial charge is 0.461 e. The minimum atomic E-state index is 0.0723. The molecule has 8 heteroatoms. The van der Waals surface area contributed by atoms with Crippen LogP contribution in [0, 0.1) is 0 Å². The van der Waals surface area contributed by atoms with Gasteiger partial charge < -0.3 is 14.2 Å². The fraction of sp³-hybridized carbons (Fsp3) is 0.333. The summed E-state index contributed by atoms with van der Waals surface area (Å²) in [5.74, 6) is 2.09. The van der Waals surface area contributed by atoms with Crippen LogP contribution in [-0.4, -0.2) is 56.8 Å². The Morgan fingerprint density at radius 2 is 1.69 bits per heavy atom. The van der Waals surface area contributed by atoms with Crippen LogP contribution in [0.3, 0.4) is 0 Å². The molecule has 1 aliphatic rings. The maximum atomic E-state index is 13.0. The van der Waals surface area contributed by atoms with E-state index in [0.717, 1.165) is 11.4 Å². The summed E-state index contributed by atoms with van der Waals surface area (Å²) >= 11 is 0. The van der Waals surface area contributed by atoms with Gasteiger partial charge in [0.05, 0.1) is 6.26 Å². The van der Waals surface area contributed by atoms with Gasteiger partial charge in [-0.2, -0.15) is 4.52 Å². The quantitative estimate of drug-likeness (QED) is 0.494. The molecule has 0 atom stereocenters. The Labute approximate surface area is 186 Å². The minimum Gasteiger partial charge on any atom is -0.461 e. The number of nitrogens with zero attached hydrogens (tertiary/aromatic N) is 6. The van der Waals surface area contributed by atoms with Crippen molar-refractivity contribution in [3.63, 3.8) is 0 Å². The normalized spacial score (nSPS) is 14.8. The molecule has 164 valence electrons. The molecule has 1 saturated heterocycles. The monoisotopic (exact) mass is 430 g/mol. The van der Waals surface area contributed by atoms with Crippen LogP contribution < -0.4 is 4.90 Å². The molecule has 0 N–H and O–H groups in total. The predicted octanol–water partition coefficient (Wildman–Crippen LogP) is 3.64. The van der Waals surface area contributed by atoms with Gasteiger partial charge in [0.2, 0.25) is 5.82 Å². The molecule has 4 heterocycles. The van der Waals surface area contributed by atoms with E-state index in [1.54, 1.807) is 10.8 Å². The van der Waals surface area contributed by atoms with Crippen molar-refractivity contribution in [1.29, 1.82) is 0 Å². The highest BCUT2D eigenvalue weighted by molar-refractivity contribution is 5.94. The first-order valence-corrected chi connectivity index (χ1v) is 10.8. The number of amides is 1. The van der Waals surface area contributed by atoms with Gasteiger partial charge >= 0.3 is 0 Å². The van der Waals surface area contributed by atoms with Crippen LogP contribution in [0.25, 0.3) is 17.2 Å². The number of benzene rings is 1. The molecule has 1 aromatic carbocycles. The van der Waals surface area contributed by atoms with E-state index >= 15 is 0 Å². The third-order valence-corrected chi connectivity index (χ3v) is 5.88. The van der Waals surface area contributed by atoms with Crippen LogP contribution in [0.15, 0.2) is 59.2 Å². The van der Waals surface area contributed by atoms with E-state index in [9.17, 15) is 4.79 Å². The van der Waals surface area contributed by atoms with E-state index in [1.807, 2.05) is 41.3 Å². The Bertz CT molecular complexity index is 1230. The van der Waals surface area contributed by atoms with Crippen LogP contribution in [0.5, 0.6) is 0 Å². The fourth-order valence-electron chi connectivity index (χ4n) is 3.94. The molecule has 0 bridgehead atoms. The van der Waals surface area contributed by atoms with Gasteiger partial charge in [-0.25, -0.2) is 0 Å². The Balaban J connectivity index is 1.29. The number of hydrogen-bond acceptors (Lipinski definition) is 6. The second kappa shape index (κ2) is 7.78. The number of aromatic nitrogens is 4. The summed E-state index contributed by atoms with van der Waals surface area (Å²) in [5, 5.41) is 13.1. The average Bonchev–Trinajstić information content (AvgIpc) is 3.47. The number of anilines is 1. The molecule has 0 aliphatic carbocycles. The first kappa shape index (κ1) is 20.2. The van der Waals surface area contributed by atoms with Gasteiger partial charge in [0, 0.05) is 31.7 Å². The topological polar surface area (TPSA) is 79.8 Å². The smallest absolute Gasteiger partial charge is 0.253 e. The third-order valence-electron chi connectivity index (χ3n) is 5.88. The van der Waals surface area contributed by atoms with Crippen molar-refractivity contribution in [3.05, 3.63) is 65.9 Å². The zero-order chi connectivity index (χ0) is 22.3. The van der Waals surface area contributed by atoms with Gasteiger partial charge in [0.25, 0.3) is 5.91 Å². The van der Waals surface area contributed by atoms with Crippen LogP contribution in [0.2, 0.25) is 0 Å². The molecule has 8 nitrogen and oxygen atoms in total. The third kappa shape index (κ3) is 3.72. The maximum absolute atomic E-state index is 13.0. The van der Waals surface area contributed by atoms with E-state index in [4.69, 9.17) is 9.52 Å². The molecule has 0 spiro atoms. The molecule has 1 amide bonds. The summed E-state index contributed by atoms with van der Waals surface area (Å²) in [6.45, 7) is 9.23. The van der Waals surface area contributed by atoms with Crippen molar-refractivity contribution >= 4 is 17.4 Å². The fourth-order valence-corrected chi connectivity index (χ4v) is 3.94. The van der Waals surface area contributed by atoms with Gasteiger partial charge in [-0.05, 0) is 47.4 Å². The minimum absolute atomic E-state index is 0.0723. The molecule has 4 aromatic rings. The van der Waals surface area contributed by atoms with Crippen LogP contribution in [0.1, 0.15) is 36.7 Å². The van der Waals surface area contributed by atoms with Crippen molar-refractivity contribution in [2.75, 3.05) is 31.1 Å². The predicted molar refractivity (Wildman–Crippen MR) is 122 cm³/mol. The summed E-state index contributed by atoms with van der Waals surface area (Å²) in [4.78, 5) is 17.1. The van der Waals surface area contributed by atoms with Gasteiger partial charge in [-0.3, -0.25) is 4.79 Å². The molecule has 3 aromatic heterocycles. The number of fused-ring (bicyclic) bond motifs is 1. The lowest BCUT2D eigenvalue weighted by Gasteiger charge is -2.35. The lowest BCUT2D eigenvalue weighted by molar-refractivity contribution is 0.0746. The first-order valence-electron chi connectivity index (χ1n) is 10.8. The second-order valence-corrected chi connectivity index (χ2v) is 9.07. The van der Waals surface area contributed by atoms with E-state index in [0.29, 0.717) is 43.4 Å². The summed E-state index contributed by atoms with van der Waals surface area (Å²) < 4.78 is 7.16. The van der Waals surface area contributed by atoms with Gasteiger partial charge in [-0.1, -0.05) is 32.9 Å². The van der Waals surface area contributed by atoms with Gasteiger partial charge in [0.15, 0.2) is 11.4 Å². The molecular formula is C24H26N6O2. The lowest BCUT2D eigenvalue weighted by Crippen LogP contribution is -2.49. The highest BCUT2D eigenvalue weighted by atomic mass is 16.3. The van der Waals surface area contributed by atoms with E-state index in [2.05, 4.69) is 48.0 Å². The zero-order valence-corrected chi connectivity index (χ0v) is 18.5. The Kier molecular flexibility index (Phi) is 4.92. The number of furan rings is 1. The van der Waals surface area contributed by atoms with E-state index in [1.165, 1.54) is 5.56 Å². The Morgan fingerprint density at radius 1 is 0.938 bits per heavy atom. The Morgan fingerprint density at radius 3 is 2.34 bits per heavy atom. The second-order valence-electron chi connectivity index (χ2n) is 9.07. The maximum Gasteiger partial charge on any atom is 0.253 e. The molecule has 32 heavy (non-hydrogen) atoms. The standard InChI is InChI=1S/C24H26N6O2/c1-24(2,3)18-8-6-17(7-9-18)23(31)29-14-12-28(13-15-29)21-11-10-20-25-26-22(30(20)27-21)19-5-4-16-32-19/h4-11,16H,12-15H2,1-3H3. The van der Waals surface area contributed by atoms with Crippen molar-refractivity contribution in [3.8, 4) is 11.6 Å². The summed E-state index contributed by atoms with van der Waals surface area (Å²) in [5.41, 5.74) is 2.69. The number of piperazine rings is 1. The van der Waals surface area contributed by atoms with Crippen molar-refractivity contribution < 1.29 is 9.21 Å². The van der Waals surface area contributed by atoms with Gasteiger partial charge in [0.1, 0.15) is 5.82 Å². The van der Waals surface area contributed by atoms with E-state index < -0.39 is 0 Å². The van der Waals surface area contributed by atoms with Crippen molar-refractivity contribution in [2.24, 2.45) is 0 Å². The highest BCUT2D eigenvalue weighted by Gasteiger charge is 2.24. The van der Waals surface area contributed by atoms with Gasteiger partial charge in [-0.15, -0.1) is 15.3 Å². The average molecular weight is 431 g/mol. The summed E-state index contributed by atoms with van der Waals surface area (Å²) in [6.07, 6.45) is 1.60. The van der Waals surface area contributed by atoms with Crippen molar-refractivity contribution in [2.45, 2.75) is 26.2 Å². The van der Waals surface area contributed by atoms with E-state index in [-0.39, 0.29) is 11.3 Å². The Hall–Kier alpha value is -3.68. The molecule has 5 rings (SSSR count). The first-order chi connectivity index (χ1) is 15.4. The van der Waals surface area contributed by atoms with Crippen molar-refractivity contribution in [1.82, 2.24) is 24.7 Å². The molecule has 0 unspecified atom stereocenters. The molecule has 0 saturated carbocycles. The highest BCUT2D eigenvalue weighted by Crippen LogP contribution is 2.24. The summed E-state index contributed by atoms with van der Waals surface area (Å²) in [6, 6.07) is 15.5. The number of hydrogen-bond donors (Lipinski definition) is 0. The lowest BCUT2D eigenvalue weighted by atomic mass is 9.86. The van der Waals surface area contributed by atoms with Crippen LogP contribution >= 0.6 is 0 Å². The SMILES string of the molecule is CC(C)(C)c1ccc(C(=O)N2CCN(c3ccc4nnc(-c5ccco5)n4n3)CC2)cc1. The zero-order valence-electron chi connectivity index (χ0n) is 18.5. The van der Waals surface area contributed by atoms with Crippen LogP contribution in [-0.2, 0) is 5.41 Å². The molecule has 0 radical (unpaired) electrons. The number of carbonyl (C=O) groups is 1. The number of carbonyl (C=O) groups excluding carboxylic acids is 1. The summed E-state index contributed by atoms with van der Waals surface area (Å²) in [7, 11) is 0. The molecule has 1 aliphatic heterocycles. The molecular weight excluding hydrogens is 404 g/mol.